The largest absolute Gasteiger partial charge is 0.496 e. The van der Waals surface area contributed by atoms with E-state index in [0.29, 0.717) is 6.42 Å². The number of carboxylic acids is 1. The fourth-order valence-electron chi connectivity index (χ4n) is 2.42. The van der Waals surface area contributed by atoms with E-state index in [1.165, 1.54) is 0 Å². The summed E-state index contributed by atoms with van der Waals surface area (Å²) in [5, 5.41) is 8.91. The molecular weight excluding hydrogens is 288 g/mol. The normalized spacial score (nSPS) is 17.4. The van der Waals surface area contributed by atoms with Gasteiger partial charge < -0.3 is 15.6 Å². The van der Waals surface area contributed by atoms with E-state index in [2.05, 4.69) is 4.90 Å². The van der Waals surface area contributed by atoms with Gasteiger partial charge in [-0.15, -0.1) is 0 Å². The Kier molecular flexibility index (Phi) is 5.90. The molecule has 1 aromatic rings. The minimum Gasteiger partial charge on any atom is -0.496 e. The van der Waals surface area contributed by atoms with Crippen LogP contribution in [0, 0.1) is 0 Å². The summed E-state index contributed by atoms with van der Waals surface area (Å²) in [6.45, 7) is 2.99. The molecule has 2 rings (SSSR count). The molecule has 3 N–H and O–H groups in total. The molecule has 0 radical (unpaired) electrons. The summed E-state index contributed by atoms with van der Waals surface area (Å²) in [5.41, 5.74) is 7.64. The standard InChI is InChI=1S/C15H22N2O3S/c1-20-14-3-2-11(9-13(16)15(18)19)8-12(14)10-17-4-6-21-7-5-17/h2-3,8,13H,4-7,9-10,16H2,1H3,(H,18,19). The molecule has 1 atom stereocenters. The van der Waals surface area contributed by atoms with Crippen LogP contribution in [0.15, 0.2) is 18.2 Å². The fraction of sp³-hybridized carbons (Fsp3) is 0.533. The molecule has 6 heteroatoms. The monoisotopic (exact) mass is 310 g/mol. The highest BCUT2D eigenvalue weighted by atomic mass is 32.2. The van der Waals surface area contributed by atoms with E-state index in [0.717, 1.165) is 48.0 Å². The topological polar surface area (TPSA) is 75.8 Å². The molecular formula is C15H22N2O3S. The predicted molar refractivity (Wildman–Crippen MR) is 84.9 cm³/mol. The van der Waals surface area contributed by atoms with E-state index >= 15 is 0 Å². The predicted octanol–water partition coefficient (Wildman–Crippen LogP) is 1.20. The lowest BCUT2D eigenvalue weighted by molar-refractivity contribution is -0.138. The Balaban J connectivity index is 2.11. The van der Waals surface area contributed by atoms with Gasteiger partial charge in [0.1, 0.15) is 11.8 Å². The summed E-state index contributed by atoms with van der Waals surface area (Å²) in [6, 6.07) is 4.94. The van der Waals surface area contributed by atoms with Crippen LogP contribution < -0.4 is 10.5 Å². The summed E-state index contributed by atoms with van der Waals surface area (Å²) >= 11 is 1.98. The number of benzene rings is 1. The summed E-state index contributed by atoms with van der Waals surface area (Å²) in [6.07, 6.45) is 0.335. The van der Waals surface area contributed by atoms with E-state index in [1.807, 2.05) is 30.0 Å². The third-order valence-electron chi connectivity index (χ3n) is 3.62. The van der Waals surface area contributed by atoms with Crippen LogP contribution in [0.1, 0.15) is 11.1 Å². The van der Waals surface area contributed by atoms with Gasteiger partial charge in [-0.1, -0.05) is 12.1 Å². The third kappa shape index (κ3) is 4.62. The zero-order valence-electron chi connectivity index (χ0n) is 12.2. The van der Waals surface area contributed by atoms with E-state index in [-0.39, 0.29) is 0 Å². The number of rotatable bonds is 6. The van der Waals surface area contributed by atoms with Crippen molar-refractivity contribution in [2.24, 2.45) is 5.73 Å². The van der Waals surface area contributed by atoms with E-state index < -0.39 is 12.0 Å². The maximum Gasteiger partial charge on any atom is 0.320 e. The molecule has 1 aromatic carbocycles. The van der Waals surface area contributed by atoms with Gasteiger partial charge in [0.15, 0.2) is 0 Å². The number of aliphatic carboxylic acids is 1. The number of ether oxygens (including phenoxy) is 1. The van der Waals surface area contributed by atoms with Crippen molar-refractivity contribution in [1.82, 2.24) is 4.90 Å². The van der Waals surface area contributed by atoms with E-state index in [1.54, 1.807) is 7.11 Å². The summed E-state index contributed by atoms with van der Waals surface area (Å²) in [4.78, 5) is 13.3. The molecule has 1 fully saturated rings. The SMILES string of the molecule is COc1ccc(CC(N)C(=O)O)cc1CN1CCSCC1. The quantitative estimate of drug-likeness (QED) is 0.822. The van der Waals surface area contributed by atoms with Gasteiger partial charge in [-0.25, -0.2) is 0 Å². The van der Waals surface area contributed by atoms with Gasteiger partial charge >= 0.3 is 5.97 Å². The number of nitrogens with two attached hydrogens (primary N) is 1. The second kappa shape index (κ2) is 7.68. The number of carbonyl (C=O) groups is 1. The molecule has 0 bridgehead atoms. The molecule has 0 aliphatic carbocycles. The number of hydrogen-bond acceptors (Lipinski definition) is 5. The zero-order valence-corrected chi connectivity index (χ0v) is 13.1. The average Bonchev–Trinajstić information content (AvgIpc) is 2.48. The Hall–Kier alpha value is -1.24. The van der Waals surface area contributed by atoms with Crippen LogP contribution in [0.4, 0.5) is 0 Å². The maximum atomic E-state index is 10.9. The Labute approximate surface area is 129 Å². The first-order chi connectivity index (χ1) is 10.1. The highest BCUT2D eigenvalue weighted by molar-refractivity contribution is 7.99. The minimum absolute atomic E-state index is 0.335. The zero-order chi connectivity index (χ0) is 15.2. The number of nitrogens with zero attached hydrogens (tertiary/aromatic N) is 1. The van der Waals surface area contributed by atoms with Crippen LogP contribution in [-0.4, -0.2) is 53.7 Å². The van der Waals surface area contributed by atoms with Crippen LogP contribution in [0.25, 0.3) is 0 Å². The van der Waals surface area contributed by atoms with Crippen LogP contribution in [0.3, 0.4) is 0 Å². The minimum atomic E-state index is -0.972. The number of thioether (sulfide) groups is 1. The third-order valence-corrected chi connectivity index (χ3v) is 4.56. The van der Waals surface area contributed by atoms with E-state index in [4.69, 9.17) is 15.6 Å². The number of carboxylic acid groups (broad SMARTS) is 1. The van der Waals surface area contributed by atoms with Crippen molar-refractivity contribution < 1.29 is 14.6 Å². The van der Waals surface area contributed by atoms with E-state index in [9.17, 15) is 4.79 Å². The average molecular weight is 310 g/mol. The lowest BCUT2D eigenvalue weighted by Crippen LogP contribution is -2.33. The van der Waals surface area contributed by atoms with Crippen LogP contribution in [0.2, 0.25) is 0 Å². The first kappa shape index (κ1) is 16.1. The van der Waals surface area contributed by atoms with Crippen molar-refractivity contribution in [1.29, 1.82) is 0 Å². The molecule has 0 saturated carbocycles. The van der Waals surface area contributed by atoms with Gasteiger partial charge in [-0.05, 0) is 18.1 Å². The van der Waals surface area contributed by atoms with Crippen molar-refractivity contribution in [3.05, 3.63) is 29.3 Å². The highest BCUT2D eigenvalue weighted by Gasteiger charge is 2.16. The Bertz CT molecular complexity index is 490. The van der Waals surface area contributed by atoms with Crippen molar-refractivity contribution in [2.45, 2.75) is 19.0 Å². The van der Waals surface area contributed by atoms with Crippen LogP contribution in [0.5, 0.6) is 5.75 Å². The van der Waals surface area contributed by atoms with Crippen LogP contribution in [-0.2, 0) is 17.8 Å². The summed E-state index contributed by atoms with van der Waals surface area (Å²) in [5.74, 6) is 2.19. The van der Waals surface area contributed by atoms with Crippen molar-refractivity contribution in [3.63, 3.8) is 0 Å². The van der Waals surface area contributed by atoms with Crippen molar-refractivity contribution in [3.8, 4) is 5.75 Å². The highest BCUT2D eigenvalue weighted by Crippen LogP contribution is 2.23. The summed E-state index contributed by atoms with van der Waals surface area (Å²) in [7, 11) is 1.66. The number of methoxy groups -OCH3 is 1. The second-order valence-electron chi connectivity index (χ2n) is 5.18. The molecule has 0 amide bonds. The van der Waals surface area contributed by atoms with Gasteiger partial charge in [0, 0.05) is 36.7 Å². The van der Waals surface area contributed by atoms with Gasteiger partial charge in [-0.2, -0.15) is 11.8 Å². The lowest BCUT2D eigenvalue weighted by Gasteiger charge is -2.27. The molecule has 1 saturated heterocycles. The molecule has 21 heavy (non-hydrogen) atoms. The fourth-order valence-corrected chi connectivity index (χ4v) is 3.40. The van der Waals surface area contributed by atoms with Gasteiger partial charge in [0.05, 0.1) is 7.11 Å². The van der Waals surface area contributed by atoms with Gasteiger partial charge in [-0.3, -0.25) is 9.69 Å². The molecule has 5 nitrogen and oxygen atoms in total. The molecule has 0 spiro atoms. The molecule has 1 heterocycles. The maximum absolute atomic E-state index is 10.9. The lowest BCUT2D eigenvalue weighted by atomic mass is 10.0. The molecule has 116 valence electrons. The van der Waals surface area contributed by atoms with Crippen LogP contribution >= 0.6 is 11.8 Å². The summed E-state index contributed by atoms with van der Waals surface area (Å²) < 4.78 is 5.41. The van der Waals surface area contributed by atoms with Crippen molar-refractivity contribution in [2.75, 3.05) is 31.7 Å². The Morgan fingerprint density at radius 3 is 2.81 bits per heavy atom. The molecule has 1 unspecified atom stereocenters. The Morgan fingerprint density at radius 1 is 1.48 bits per heavy atom. The number of hydrogen-bond donors (Lipinski definition) is 2. The van der Waals surface area contributed by atoms with Crippen molar-refractivity contribution >= 4 is 17.7 Å². The Morgan fingerprint density at radius 2 is 2.19 bits per heavy atom. The first-order valence-electron chi connectivity index (χ1n) is 7.04. The first-order valence-corrected chi connectivity index (χ1v) is 8.20. The smallest absolute Gasteiger partial charge is 0.320 e. The second-order valence-corrected chi connectivity index (χ2v) is 6.41. The van der Waals surface area contributed by atoms with Gasteiger partial charge in [0.25, 0.3) is 0 Å². The molecule has 1 aliphatic rings. The molecule has 1 aliphatic heterocycles. The van der Waals surface area contributed by atoms with Gasteiger partial charge in [0.2, 0.25) is 0 Å². The molecule has 0 aromatic heterocycles.